The lowest BCUT2D eigenvalue weighted by Gasteiger charge is -2.15. The number of amides is 1. The quantitative estimate of drug-likeness (QED) is 0.788. The molecular weight excluding hydrogens is 288 g/mol. The van der Waals surface area contributed by atoms with Crippen LogP contribution >= 0.6 is 0 Å². The van der Waals surface area contributed by atoms with E-state index in [1.165, 1.54) is 0 Å². The van der Waals surface area contributed by atoms with Gasteiger partial charge < -0.3 is 9.88 Å². The molecule has 5 heteroatoms. The third kappa shape index (κ3) is 3.83. The molecule has 0 radical (unpaired) electrons. The van der Waals surface area contributed by atoms with Crippen LogP contribution in [-0.2, 0) is 17.8 Å². The Hall–Kier alpha value is -2.95. The van der Waals surface area contributed by atoms with Gasteiger partial charge in [-0.15, -0.1) is 0 Å². The van der Waals surface area contributed by atoms with Crippen LogP contribution < -0.4 is 0 Å². The van der Waals surface area contributed by atoms with Crippen molar-refractivity contribution in [3.63, 3.8) is 0 Å². The number of aromatic nitrogens is 3. The van der Waals surface area contributed by atoms with Crippen molar-refractivity contribution in [2.45, 2.75) is 13.0 Å². The molecule has 1 amide bonds. The van der Waals surface area contributed by atoms with E-state index in [2.05, 4.69) is 15.0 Å². The molecule has 0 aliphatic carbocycles. The molecule has 0 aliphatic rings. The van der Waals surface area contributed by atoms with Gasteiger partial charge in [-0.1, -0.05) is 36.4 Å². The highest BCUT2D eigenvalue weighted by molar-refractivity contribution is 5.78. The number of carbonyl (C=O) groups is 1. The lowest BCUT2D eigenvalue weighted by molar-refractivity contribution is -0.129. The lowest BCUT2D eigenvalue weighted by atomic mass is 10.2. The molecule has 2 aromatic heterocycles. The Morgan fingerprint density at radius 3 is 2.70 bits per heavy atom. The zero-order chi connectivity index (χ0) is 16.1. The van der Waals surface area contributed by atoms with Crippen LogP contribution in [0.4, 0.5) is 0 Å². The molecule has 0 saturated heterocycles. The summed E-state index contributed by atoms with van der Waals surface area (Å²) in [6.45, 7) is 0.450. The zero-order valence-electron chi connectivity index (χ0n) is 12.9. The standard InChI is InChI=1S/C18H18N4O/c1-22(18(23)10-14-6-5-9-19-11-14)13-17-20-12-16(21-17)15-7-3-2-4-8-15/h2-9,11-12H,10,13H2,1H3,(H,20,21). The molecule has 0 atom stereocenters. The van der Waals surface area contributed by atoms with Crippen LogP contribution in [0.25, 0.3) is 11.3 Å². The summed E-state index contributed by atoms with van der Waals surface area (Å²) in [5.41, 5.74) is 2.94. The molecule has 1 N–H and O–H groups in total. The molecular formula is C18H18N4O. The van der Waals surface area contributed by atoms with Crippen LogP contribution in [0.1, 0.15) is 11.4 Å². The second-order valence-corrected chi connectivity index (χ2v) is 5.40. The Labute approximate surface area is 135 Å². The van der Waals surface area contributed by atoms with Crippen molar-refractivity contribution in [3.05, 3.63) is 72.4 Å². The number of nitrogens with one attached hydrogen (secondary N) is 1. The molecule has 116 valence electrons. The van der Waals surface area contributed by atoms with Gasteiger partial charge in [-0.25, -0.2) is 4.98 Å². The van der Waals surface area contributed by atoms with Gasteiger partial charge in [-0.05, 0) is 17.2 Å². The number of carbonyl (C=O) groups excluding carboxylic acids is 1. The largest absolute Gasteiger partial charge is 0.341 e. The minimum atomic E-state index is 0.0376. The van der Waals surface area contributed by atoms with Gasteiger partial charge in [0.15, 0.2) is 0 Å². The number of H-pyrrole nitrogens is 1. The SMILES string of the molecule is CN(Cc1ncc(-c2ccccc2)[nH]1)C(=O)Cc1cccnc1. The Balaban J connectivity index is 1.63. The zero-order valence-corrected chi connectivity index (χ0v) is 12.9. The van der Waals surface area contributed by atoms with E-state index in [9.17, 15) is 4.79 Å². The summed E-state index contributed by atoms with van der Waals surface area (Å²) in [7, 11) is 1.78. The van der Waals surface area contributed by atoms with Crippen molar-refractivity contribution in [2.24, 2.45) is 0 Å². The predicted molar refractivity (Wildman–Crippen MR) is 88.4 cm³/mol. The van der Waals surface area contributed by atoms with Gasteiger partial charge in [-0.3, -0.25) is 9.78 Å². The molecule has 0 fully saturated rings. The molecule has 23 heavy (non-hydrogen) atoms. The van der Waals surface area contributed by atoms with Crippen LogP contribution in [0.15, 0.2) is 61.1 Å². The fraction of sp³-hybridized carbons (Fsp3) is 0.167. The Morgan fingerprint density at radius 2 is 1.96 bits per heavy atom. The van der Waals surface area contributed by atoms with Crippen LogP contribution in [0.5, 0.6) is 0 Å². The van der Waals surface area contributed by atoms with Gasteiger partial charge in [0, 0.05) is 19.4 Å². The Bertz CT molecular complexity index is 768. The smallest absolute Gasteiger partial charge is 0.227 e. The van der Waals surface area contributed by atoms with Crippen LogP contribution in [-0.4, -0.2) is 32.8 Å². The van der Waals surface area contributed by atoms with Gasteiger partial charge in [0.25, 0.3) is 0 Å². The Kier molecular flexibility index (Phi) is 4.47. The topological polar surface area (TPSA) is 61.9 Å². The first-order valence-corrected chi connectivity index (χ1v) is 7.44. The highest BCUT2D eigenvalue weighted by Gasteiger charge is 2.12. The lowest BCUT2D eigenvalue weighted by Crippen LogP contribution is -2.28. The number of likely N-dealkylation sites (N-methyl/N-ethyl adjacent to an activating group) is 1. The first-order valence-electron chi connectivity index (χ1n) is 7.44. The summed E-state index contributed by atoms with van der Waals surface area (Å²) in [6, 6.07) is 13.7. The fourth-order valence-corrected chi connectivity index (χ4v) is 2.33. The van der Waals surface area contributed by atoms with E-state index in [0.29, 0.717) is 13.0 Å². The van der Waals surface area contributed by atoms with Crippen molar-refractivity contribution in [1.29, 1.82) is 0 Å². The van der Waals surface area contributed by atoms with Gasteiger partial charge in [0.05, 0.1) is 24.9 Å². The number of pyridine rings is 1. The first-order chi connectivity index (χ1) is 11.2. The number of rotatable bonds is 5. The number of imidazole rings is 1. The fourth-order valence-electron chi connectivity index (χ4n) is 2.33. The van der Waals surface area contributed by atoms with E-state index in [4.69, 9.17) is 0 Å². The third-order valence-corrected chi connectivity index (χ3v) is 3.60. The second kappa shape index (κ2) is 6.87. The summed E-state index contributed by atoms with van der Waals surface area (Å²) in [5.74, 6) is 0.807. The molecule has 0 aliphatic heterocycles. The van der Waals surface area contributed by atoms with Gasteiger partial charge in [0.2, 0.25) is 5.91 Å². The highest BCUT2D eigenvalue weighted by Crippen LogP contribution is 2.16. The van der Waals surface area contributed by atoms with E-state index >= 15 is 0 Å². The molecule has 3 rings (SSSR count). The Morgan fingerprint density at radius 1 is 1.13 bits per heavy atom. The summed E-state index contributed by atoms with van der Waals surface area (Å²) in [4.78, 5) is 25.6. The minimum Gasteiger partial charge on any atom is -0.341 e. The van der Waals surface area contributed by atoms with Gasteiger partial charge in [-0.2, -0.15) is 0 Å². The van der Waals surface area contributed by atoms with Crippen LogP contribution in [0, 0.1) is 0 Å². The van der Waals surface area contributed by atoms with E-state index in [0.717, 1.165) is 22.6 Å². The number of hydrogen-bond acceptors (Lipinski definition) is 3. The molecule has 0 unspecified atom stereocenters. The van der Waals surface area contributed by atoms with Crippen molar-refractivity contribution >= 4 is 5.91 Å². The number of aromatic amines is 1. The molecule has 0 saturated carbocycles. The first kappa shape index (κ1) is 15.0. The van der Waals surface area contributed by atoms with E-state index in [1.807, 2.05) is 42.5 Å². The van der Waals surface area contributed by atoms with Crippen molar-refractivity contribution in [3.8, 4) is 11.3 Å². The molecule has 5 nitrogen and oxygen atoms in total. The molecule has 0 bridgehead atoms. The maximum Gasteiger partial charge on any atom is 0.227 e. The molecule has 0 spiro atoms. The summed E-state index contributed by atoms with van der Waals surface area (Å²) in [6.07, 6.45) is 5.55. The highest BCUT2D eigenvalue weighted by atomic mass is 16.2. The van der Waals surface area contributed by atoms with Crippen molar-refractivity contribution in [1.82, 2.24) is 19.9 Å². The van der Waals surface area contributed by atoms with Crippen molar-refractivity contribution in [2.75, 3.05) is 7.05 Å². The van der Waals surface area contributed by atoms with Gasteiger partial charge >= 0.3 is 0 Å². The average Bonchev–Trinajstić information content (AvgIpc) is 3.05. The van der Waals surface area contributed by atoms with Crippen molar-refractivity contribution < 1.29 is 4.79 Å². The monoisotopic (exact) mass is 306 g/mol. The average molecular weight is 306 g/mol. The minimum absolute atomic E-state index is 0.0376. The summed E-state index contributed by atoms with van der Waals surface area (Å²) in [5, 5.41) is 0. The third-order valence-electron chi connectivity index (χ3n) is 3.60. The van der Waals surface area contributed by atoms with Gasteiger partial charge in [0.1, 0.15) is 5.82 Å². The normalized spacial score (nSPS) is 10.5. The molecule has 3 aromatic rings. The predicted octanol–water partition coefficient (Wildman–Crippen LogP) is 2.67. The summed E-state index contributed by atoms with van der Waals surface area (Å²) >= 11 is 0. The molecule has 2 heterocycles. The molecule has 1 aromatic carbocycles. The number of benzene rings is 1. The van der Waals surface area contributed by atoms with Crippen LogP contribution in [0.3, 0.4) is 0 Å². The van der Waals surface area contributed by atoms with E-state index in [-0.39, 0.29) is 5.91 Å². The van der Waals surface area contributed by atoms with Crippen LogP contribution in [0.2, 0.25) is 0 Å². The number of hydrogen-bond donors (Lipinski definition) is 1. The maximum atomic E-state index is 12.3. The van der Waals surface area contributed by atoms with E-state index in [1.54, 1.807) is 30.5 Å². The van der Waals surface area contributed by atoms with E-state index < -0.39 is 0 Å². The summed E-state index contributed by atoms with van der Waals surface area (Å²) < 4.78 is 0. The maximum absolute atomic E-state index is 12.3. The second-order valence-electron chi connectivity index (χ2n) is 5.40. The number of nitrogens with zero attached hydrogens (tertiary/aromatic N) is 3.